The van der Waals surface area contributed by atoms with Gasteiger partial charge in [-0.05, 0) is 38.4 Å². The smallest absolute Gasteiger partial charge is 0.252 e. The molecule has 6 nitrogen and oxygen atoms in total. The molecule has 0 aromatic heterocycles. The van der Waals surface area contributed by atoms with Crippen molar-refractivity contribution in [2.24, 2.45) is 0 Å². The summed E-state index contributed by atoms with van der Waals surface area (Å²) in [5.41, 5.74) is 1.77. The highest BCUT2D eigenvalue weighted by Gasteiger charge is 2.40. The number of benzene rings is 1. The molecule has 1 amide bonds. The maximum atomic E-state index is 12.9. The molecule has 0 bridgehead atoms. The van der Waals surface area contributed by atoms with Gasteiger partial charge in [0.1, 0.15) is 5.60 Å². The van der Waals surface area contributed by atoms with Gasteiger partial charge in [0.2, 0.25) is 0 Å². The van der Waals surface area contributed by atoms with Gasteiger partial charge in [-0.3, -0.25) is 9.69 Å². The highest BCUT2D eigenvalue weighted by Crippen LogP contribution is 2.25. The fraction of sp³-hybridized carbons (Fsp3) is 0.650. The first-order valence-corrected chi connectivity index (χ1v) is 9.57. The van der Waals surface area contributed by atoms with Gasteiger partial charge in [-0.1, -0.05) is 29.8 Å². The number of morpholine rings is 1. The van der Waals surface area contributed by atoms with Crippen LogP contribution in [0.1, 0.15) is 30.0 Å². The van der Waals surface area contributed by atoms with Crippen LogP contribution in [0.2, 0.25) is 0 Å². The van der Waals surface area contributed by atoms with E-state index in [9.17, 15) is 4.79 Å². The lowest BCUT2D eigenvalue weighted by Gasteiger charge is -2.38. The fourth-order valence-corrected chi connectivity index (χ4v) is 3.93. The quantitative estimate of drug-likeness (QED) is 0.718. The van der Waals surface area contributed by atoms with Gasteiger partial charge >= 0.3 is 0 Å². The fourth-order valence-electron chi connectivity index (χ4n) is 3.93. The first-order valence-electron chi connectivity index (χ1n) is 9.57. The molecule has 8 heteroatoms. The minimum atomic E-state index is -0.701. The summed E-state index contributed by atoms with van der Waals surface area (Å²) in [6, 6.07) is 8.70. The van der Waals surface area contributed by atoms with Crippen molar-refractivity contribution in [3.8, 4) is 0 Å². The number of rotatable bonds is 6. The summed E-state index contributed by atoms with van der Waals surface area (Å²) < 4.78 is 11.2. The van der Waals surface area contributed by atoms with E-state index in [0.29, 0.717) is 19.4 Å². The van der Waals surface area contributed by atoms with E-state index < -0.39 is 5.60 Å². The molecular formula is C20H33Cl2N3O3. The molecule has 3 rings (SSSR count). The Kier molecular flexibility index (Phi) is 10.7. The predicted molar refractivity (Wildman–Crippen MR) is 116 cm³/mol. The number of hydrogen-bond acceptors (Lipinski definition) is 5. The summed E-state index contributed by atoms with van der Waals surface area (Å²) in [5, 5.41) is 6.48. The number of carbonyl (C=O) groups is 1. The zero-order chi connectivity index (χ0) is 18.4. The number of halogens is 2. The number of hydrogen-bond donors (Lipinski definition) is 2. The van der Waals surface area contributed by atoms with Crippen LogP contribution in [0.4, 0.5) is 0 Å². The molecule has 2 fully saturated rings. The summed E-state index contributed by atoms with van der Waals surface area (Å²) in [7, 11) is 1.64. The van der Waals surface area contributed by atoms with Gasteiger partial charge in [0, 0.05) is 26.7 Å². The van der Waals surface area contributed by atoms with E-state index in [1.807, 2.05) is 0 Å². The van der Waals surface area contributed by atoms with Gasteiger partial charge in [-0.15, -0.1) is 24.8 Å². The van der Waals surface area contributed by atoms with Gasteiger partial charge in [-0.25, -0.2) is 0 Å². The Morgan fingerprint density at radius 3 is 2.57 bits per heavy atom. The molecule has 2 heterocycles. The Bertz CT molecular complexity index is 606. The Hall–Kier alpha value is -0.890. The number of carbonyl (C=O) groups excluding carboxylic acids is 1. The van der Waals surface area contributed by atoms with E-state index in [4.69, 9.17) is 9.47 Å². The first kappa shape index (κ1) is 25.1. The average Bonchev–Trinajstić information content (AvgIpc) is 2.69. The SMILES string of the molecule is COC1(C(=O)NCC(c2cccc(C)c2)N2CCOCC2)CCNCC1.Cl.Cl. The van der Waals surface area contributed by atoms with Crippen LogP contribution in [0, 0.1) is 6.92 Å². The summed E-state index contributed by atoms with van der Waals surface area (Å²) >= 11 is 0. The Morgan fingerprint density at radius 2 is 1.96 bits per heavy atom. The molecule has 2 N–H and O–H groups in total. The molecule has 0 radical (unpaired) electrons. The van der Waals surface area contributed by atoms with Crippen LogP contribution in [0.15, 0.2) is 24.3 Å². The molecule has 2 saturated heterocycles. The Labute approximate surface area is 180 Å². The van der Waals surface area contributed by atoms with E-state index in [1.54, 1.807) is 7.11 Å². The molecule has 2 aliphatic rings. The Morgan fingerprint density at radius 1 is 1.29 bits per heavy atom. The second-order valence-corrected chi connectivity index (χ2v) is 7.24. The van der Waals surface area contributed by atoms with Crippen molar-refractivity contribution in [1.82, 2.24) is 15.5 Å². The third-order valence-electron chi connectivity index (χ3n) is 5.59. The predicted octanol–water partition coefficient (Wildman–Crippen LogP) is 2.10. The van der Waals surface area contributed by atoms with Gasteiger partial charge in [0.25, 0.3) is 5.91 Å². The van der Waals surface area contributed by atoms with Crippen LogP contribution in [0.25, 0.3) is 0 Å². The lowest BCUT2D eigenvalue weighted by Crippen LogP contribution is -2.55. The topological polar surface area (TPSA) is 62.8 Å². The summed E-state index contributed by atoms with van der Waals surface area (Å²) in [5.74, 6) is 0.00686. The highest BCUT2D eigenvalue weighted by molar-refractivity contribution is 5.86. The second kappa shape index (κ2) is 12.0. The summed E-state index contributed by atoms with van der Waals surface area (Å²) in [6.45, 7) is 7.56. The van der Waals surface area contributed by atoms with Crippen molar-refractivity contribution in [1.29, 1.82) is 0 Å². The molecule has 0 spiro atoms. The van der Waals surface area contributed by atoms with E-state index in [2.05, 4.69) is 46.7 Å². The molecule has 1 atom stereocenters. The number of aryl methyl sites for hydroxylation is 1. The van der Waals surface area contributed by atoms with E-state index in [-0.39, 0.29) is 36.8 Å². The summed E-state index contributed by atoms with van der Waals surface area (Å²) in [6.07, 6.45) is 1.42. The van der Waals surface area contributed by atoms with E-state index in [1.165, 1.54) is 11.1 Å². The highest BCUT2D eigenvalue weighted by atomic mass is 35.5. The zero-order valence-corrected chi connectivity index (χ0v) is 18.4. The number of ether oxygens (including phenoxy) is 2. The van der Waals surface area contributed by atoms with Crippen LogP contribution in [0.5, 0.6) is 0 Å². The normalized spacial score (nSPS) is 20.4. The van der Waals surface area contributed by atoms with Gasteiger partial charge in [-0.2, -0.15) is 0 Å². The minimum absolute atomic E-state index is 0. The van der Waals surface area contributed by atoms with Crippen molar-refractivity contribution in [3.63, 3.8) is 0 Å². The third-order valence-corrected chi connectivity index (χ3v) is 5.59. The second-order valence-electron chi connectivity index (χ2n) is 7.24. The van der Waals surface area contributed by atoms with Crippen LogP contribution >= 0.6 is 24.8 Å². The van der Waals surface area contributed by atoms with Crippen molar-refractivity contribution in [2.75, 3.05) is 53.0 Å². The maximum absolute atomic E-state index is 12.9. The third kappa shape index (κ3) is 6.05. The number of nitrogens with one attached hydrogen (secondary N) is 2. The Balaban J connectivity index is 0.00000196. The van der Waals surface area contributed by atoms with Crippen LogP contribution < -0.4 is 10.6 Å². The van der Waals surface area contributed by atoms with Gasteiger partial charge in [0.15, 0.2) is 0 Å². The lowest BCUT2D eigenvalue weighted by atomic mass is 9.91. The number of amides is 1. The van der Waals surface area contributed by atoms with Crippen LogP contribution in [0.3, 0.4) is 0 Å². The number of methoxy groups -OCH3 is 1. The lowest BCUT2D eigenvalue weighted by molar-refractivity contribution is -0.147. The van der Waals surface area contributed by atoms with Crippen molar-refractivity contribution in [3.05, 3.63) is 35.4 Å². The molecule has 1 aromatic carbocycles. The molecule has 28 heavy (non-hydrogen) atoms. The monoisotopic (exact) mass is 433 g/mol. The van der Waals surface area contributed by atoms with Crippen molar-refractivity contribution >= 4 is 30.7 Å². The molecule has 2 aliphatic heterocycles. The molecule has 160 valence electrons. The number of nitrogens with zero attached hydrogens (tertiary/aromatic N) is 1. The molecule has 0 saturated carbocycles. The molecule has 1 unspecified atom stereocenters. The van der Waals surface area contributed by atoms with Gasteiger partial charge in [0.05, 0.1) is 19.3 Å². The zero-order valence-electron chi connectivity index (χ0n) is 16.7. The maximum Gasteiger partial charge on any atom is 0.252 e. The summed E-state index contributed by atoms with van der Waals surface area (Å²) in [4.78, 5) is 15.3. The average molecular weight is 434 g/mol. The van der Waals surface area contributed by atoms with Gasteiger partial charge < -0.3 is 20.1 Å². The van der Waals surface area contributed by atoms with E-state index in [0.717, 1.165) is 39.4 Å². The van der Waals surface area contributed by atoms with Crippen LogP contribution in [-0.4, -0.2) is 69.5 Å². The minimum Gasteiger partial charge on any atom is -0.379 e. The van der Waals surface area contributed by atoms with Crippen LogP contribution in [-0.2, 0) is 14.3 Å². The molecule has 0 aliphatic carbocycles. The van der Waals surface area contributed by atoms with E-state index >= 15 is 0 Å². The molecular weight excluding hydrogens is 401 g/mol. The van der Waals surface area contributed by atoms with Crippen molar-refractivity contribution < 1.29 is 14.3 Å². The largest absolute Gasteiger partial charge is 0.379 e. The first-order chi connectivity index (χ1) is 12.6. The number of piperidine rings is 1. The van der Waals surface area contributed by atoms with Crippen molar-refractivity contribution in [2.45, 2.75) is 31.4 Å². The molecule has 1 aromatic rings. The standard InChI is InChI=1S/C20H31N3O3.2ClH/c1-16-4-3-5-17(14-16)18(23-10-12-26-13-11-23)15-22-19(24)20(25-2)6-8-21-9-7-20;;/h3-5,14,18,21H,6-13,15H2,1-2H3,(H,22,24);2*1H.